The molecule has 1 heterocycles. The number of nitrogens with zero attached hydrogens (tertiary/aromatic N) is 3. The van der Waals surface area contributed by atoms with E-state index in [1.54, 1.807) is 7.11 Å². The molecule has 22 heavy (non-hydrogen) atoms. The van der Waals surface area contributed by atoms with Gasteiger partial charge in [0.25, 0.3) is 0 Å². The first kappa shape index (κ1) is 16.8. The van der Waals surface area contributed by atoms with Crippen LogP contribution in [0, 0.1) is 5.92 Å². The number of hydrogen-bond donors (Lipinski definition) is 0. The maximum absolute atomic E-state index is 8.84. The molecular formula is C16H23N3O3. The lowest BCUT2D eigenvalue weighted by molar-refractivity contribution is -0.243. The van der Waals surface area contributed by atoms with Gasteiger partial charge in [0.15, 0.2) is 6.29 Å². The van der Waals surface area contributed by atoms with Crippen LogP contribution in [0.15, 0.2) is 35.4 Å². The Kier molecular flexibility index (Phi) is 6.21. The van der Waals surface area contributed by atoms with Crippen molar-refractivity contribution < 1.29 is 14.2 Å². The van der Waals surface area contributed by atoms with E-state index in [9.17, 15) is 0 Å². The van der Waals surface area contributed by atoms with E-state index in [0.717, 1.165) is 12.0 Å². The molecule has 1 saturated heterocycles. The Hall–Kier alpha value is -1.59. The topological polar surface area (TPSA) is 76.5 Å². The Morgan fingerprint density at radius 3 is 2.64 bits per heavy atom. The summed E-state index contributed by atoms with van der Waals surface area (Å²) in [6, 6.07) is 9.46. The van der Waals surface area contributed by atoms with E-state index in [-0.39, 0.29) is 18.1 Å². The van der Waals surface area contributed by atoms with Gasteiger partial charge in [0.2, 0.25) is 0 Å². The molecule has 0 aromatic heterocycles. The van der Waals surface area contributed by atoms with Gasteiger partial charge in [-0.25, -0.2) is 0 Å². The average Bonchev–Trinajstić information content (AvgIpc) is 2.56. The van der Waals surface area contributed by atoms with Crippen molar-refractivity contribution in [3.63, 3.8) is 0 Å². The third kappa shape index (κ3) is 3.78. The minimum Gasteiger partial charge on any atom is -0.373 e. The Bertz CT molecular complexity index is 505. The summed E-state index contributed by atoms with van der Waals surface area (Å²) in [5.41, 5.74) is 9.92. The molecule has 6 heteroatoms. The molecule has 1 aliphatic heterocycles. The zero-order valence-corrected chi connectivity index (χ0v) is 13.3. The van der Waals surface area contributed by atoms with Gasteiger partial charge in [-0.15, -0.1) is 0 Å². The van der Waals surface area contributed by atoms with Gasteiger partial charge >= 0.3 is 0 Å². The SMILES string of the molecule is CC[C@H]1O[C@@H](OC)[C@@H](N=[N+]=[N-])[C@@H](OCc2ccccc2)[C@H]1C. The number of rotatable bonds is 6. The fourth-order valence-corrected chi connectivity index (χ4v) is 2.91. The van der Waals surface area contributed by atoms with Gasteiger partial charge in [0.05, 0.1) is 18.8 Å². The molecule has 1 aromatic carbocycles. The minimum atomic E-state index is -0.571. The first-order valence-corrected chi connectivity index (χ1v) is 7.59. The van der Waals surface area contributed by atoms with Crippen molar-refractivity contribution >= 4 is 0 Å². The zero-order valence-electron chi connectivity index (χ0n) is 13.3. The monoisotopic (exact) mass is 305 g/mol. The van der Waals surface area contributed by atoms with E-state index in [2.05, 4.69) is 23.9 Å². The van der Waals surface area contributed by atoms with Crippen molar-refractivity contribution in [3.8, 4) is 0 Å². The third-order valence-corrected chi connectivity index (χ3v) is 4.13. The lowest BCUT2D eigenvalue weighted by Crippen LogP contribution is -2.54. The van der Waals surface area contributed by atoms with E-state index < -0.39 is 12.3 Å². The molecule has 0 amide bonds. The van der Waals surface area contributed by atoms with Crippen molar-refractivity contribution in [2.45, 2.75) is 51.4 Å². The Morgan fingerprint density at radius 1 is 1.32 bits per heavy atom. The molecule has 0 bridgehead atoms. The van der Waals surface area contributed by atoms with E-state index in [0.29, 0.717) is 6.61 Å². The van der Waals surface area contributed by atoms with Crippen LogP contribution >= 0.6 is 0 Å². The van der Waals surface area contributed by atoms with Crippen molar-refractivity contribution in [1.29, 1.82) is 0 Å². The second-order valence-electron chi connectivity index (χ2n) is 5.50. The summed E-state index contributed by atoms with van der Waals surface area (Å²) < 4.78 is 17.3. The molecule has 0 spiro atoms. The van der Waals surface area contributed by atoms with Gasteiger partial charge in [-0.2, -0.15) is 0 Å². The van der Waals surface area contributed by atoms with Crippen LogP contribution in [0.2, 0.25) is 0 Å². The maximum atomic E-state index is 8.84. The summed E-state index contributed by atoms with van der Waals surface area (Å²) in [6.45, 7) is 4.60. The lowest BCUT2D eigenvalue weighted by Gasteiger charge is -2.43. The van der Waals surface area contributed by atoms with Crippen molar-refractivity contribution in [2.75, 3.05) is 7.11 Å². The summed E-state index contributed by atoms with van der Waals surface area (Å²) in [7, 11) is 1.56. The molecule has 0 unspecified atom stereocenters. The minimum absolute atomic E-state index is 0.0240. The molecule has 0 radical (unpaired) electrons. The van der Waals surface area contributed by atoms with Crippen LogP contribution in [0.1, 0.15) is 25.8 Å². The van der Waals surface area contributed by atoms with Gasteiger partial charge in [-0.3, -0.25) is 0 Å². The highest BCUT2D eigenvalue weighted by Gasteiger charge is 2.43. The first-order chi connectivity index (χ1) is 10.7. The fourth-order valence-electron chi connectivity index (χ4n) is 2.91. The van der Waals surface area contributed by atoms with E-state index in [1.165, 1.54) is 0 Å². The highest BCUT2D eigenvalue weighted by Crippen LogP contribution is 2.32. The van der Waals surface area contributed by atoms with Gasteiger partial charge in [-0.05, 0) is 17.5 Å². The van der Waals surface area contributed by atoms with Crippen LogP contribution in [0.5, 0.6) is 0 Å². The van der Waals surface area contributed by atoms with E-state index in [1.807, 2.05) is 30.3 Å². The number of benzene rings is 1. The van der Waals surface area contributed by atoms with Gasteiger partial charge in [0.1, 0.15) is 6.04 Å². The molecule has 0 N–H and O–H groups in total. The molecular weight excluding hydrogens is 282 g/mol. The summed E-state index contributed by atoms with van der Waals surface area (Å²) in [6.07, 6.45) is 0.0725. The largest absolute Gasteiger partial charge is 0.373 e. The molecule has 0 aliphatic carbocycles. The van der Waals surface area contributed by atoms with Crippen molar-refractivity contribution in [1.82, 2.24) is 0 Å². The Balaban J connectivity index is 2.15. The third-order valence-electron chi connectivity index (χ3n) is 4.13. The summed E-state index contributed by atoms with van der Waals surface area (Å²) in [4.78, 5) is 2.93. The predicted molar refractivity (Wildman–Crippen MR) is 83.1 cm³/mol. The average molecular weight is 305 g/mol. The van der Waals surface area contributed by atoms with Crippen LogP contribution in [0.4, 0.5) is 0 Å². The number of azide groups is 1. The highest BCUT2D eigenvalue weighted by molar-refractivity contribution is 5.13. The van der Waals surface area contributed by atoms with Gasteiger partial charge in [0, 0.05) is 17.9 Å². The lowest BCUT2D eigenvalue weighted by atomic mass is 9.88. The number of ether oxygens (including phenoxy) is 3. The molecule has 1 aliphatic rings. The normalized spacial score (nSPS) is 31.5. The molecule has 0 saturated carbocycles. The van der Waals surface area contributed by atoms with E-state index in [4.69, 9.17) is 19.7 Å². The molecule has 1 aromatic rings. The van der Waals surface area contributed by atoms with Gasteiger partial charge < -0.3 is 14.2 Å². The van der Waals surface area contributed by atoms with Crippen LogP contribution in [0.3, 0.4) is 0 Å². The zero-order chi connectivity index (χ0) is 15.9. The molecule has 120 valence electrons. The smallest absolute Gasteiger partial charge is 0.168 e. The van der Waals surface area contributed by atoms with Gasteiger partial charge in [-0.1, -0.05) is 49.3 Å². The quantitative estimate of drug-likeness (QED) is 0.457. The molecule has 1 fully saturated rings. The standard InChI is InChI=1S/C16H23N3O3/c1-4-13-11(2)15(14(18-19-17)16(20-3)22-13)21-10-12-8-6-5-7-9-12/h5-9,11,13-16H,4,10H2,1-3H3/t11-,13+,14-,15-,16+/m0/s1. The molecule has 6 nitrogen and oxygen atoms in total. The number of hydrogen-bond acceptors (Lipinski definition) is 4. The summed E-state index contributed by atoms with van der Waals surface area (Å²) in [5.74, 6) is 0.121. The van der Waals surface area contributed by atoms with E-state index >= 15 is 0 Å². The Labute approximate surface area is 131 Å². The maximum Gasteiger partial charge on any atom is 0.168 e. The summed E-state index contributed by atoms with van der Waals surface area (Å²) >= 11 is 0. The fraction of sp³-hybridized carbons (Fsp3) is 0.625. The highest BCUT2D eigenvalue weighted by atomic mass is 16.7. The number of methoxy groups -OCH3 is 1. The molecule has 2 rings (SSSR count). The van der Waals surface area contributed by atoms with Crippen LogP contribution in [0.25, 0.3) is 10.4 Å². The predicted octanol–water partition coefficient (Wildman–Crippen LogP) is 3.67. The second kappa shape index (κ2) is 8.15. The van der Waals surface area contributed by atoms with Crippen LogP contribution in [-0.4, -0.2) is 31.6 Å². The first-order valence-electron chi connectivity index (χ1n) is 7.59. The van der Waals surface area contributed by atoms with Crippen molar-refractivity contribution in [2.24, 2.45) is 11.0 Å². The summed E-state index contributed by atoms with van der Waals surface area (Å²) in [5, 5.41) is 3.85. The Morgan fingerprint density at radius 2 is 2.05 bits per heavy atom. The molecule has 5 atom stereocenters. The van der Waals surface area contributed by atoms with Crippen LogP contribution in [-0.2, 0) is 20.8 Å². The van der Waals surface area contributed by atoms with Crippen LogP contribution < -0.4 is 0 Å². The second-order valence-corrected chi connectivity index (χ2v) is 5.50. The van der Waals surface area contributed by atoms with Crippen molar-refractivity contribution in [3.05, 3.63) is 46.3 Å².